The molecule has 2 aliphatic rings. The Balaban J connectivity index is 1.82. The summed E-state index contributed by atoms with van der Waals surface area (Å²) in [5.74, 6) is 2.05. The fourth-order valence-corrected chi connectivity index (χ4v) is 5.54. The van der Waals surface area contributed by atoms with Gasteiger partial charge in [-0.05, 0) is 17.7 Å². The van der Waals surface area contributed by atoms with Gasteiger partial charge in [0.25, 0.3) is 0 Å². The van der Waals surface area contributed by atoms with Crippen LogP contribution in [0.15, 0.2) is 78.9 Å². The van der Waals surface area contributed by atoms with Crippen molar-refractivity contribution >= 4 is 33.6 Å². The molecule has 0 radical (unpaired) electrons. The lowest BCUT2D eigenvalue weighted by Gasteiger charge is -2.40. The molecule has 0 N–H and O–H groups in total. The van der Waals surface area contributed by atoms with Gasteiger partial charge in [0, 0.05) is 15.8 Å². The second kappa shape index (κ2) is 5.59. The van der Waals surface area contributed by atoms with E-state index in [1.165, 1.54) is 16.9 Å². The number of fused-ring (bicyclic) bond motifs is 5. The molecule has 3 aromatic rings. The SMILES string of the molecule is IC1C2C=CC=CC2c2nc3ccccc3n2C1c1ccccc1. The van der Waals surface area contributed by atoms with Crippen LogP contribution in [0.5, 0.6) is 0 Å². The summed E-state index contributed by atoms with van der Waals surface area (Å²) in [5, 5.41) is 0. The smallest absolute Gasteiger partial charge is 0.118 e. The van der Waals surface area contributed by atoms with Crippen molar-refractivity contribution in [3.63, 3.8) is 0 Å². The number of para-hydroxylation sites is 2. The molecule has 0 saturated heterocycles. The second-order valence-corrected chi connectivity index (χ2v) is 7.94. The molecule has 0 amide bonds. The number of alkyl halides is 1. The molecule has 4 unspecified atom stereocenters. The quantitative estimate of drug-likeness (QED) is 0.385. The third kappa shape index (κ3) is 2.04. The molecule has 1 aromatic heterocycles. The first-order valence-electron chi connectivity index (χ1n) is 8.35. The van der Waals surface area contributed by atoms with Gasteiger partial charge in [-0.1, -0.05) is 89.4 Å². The summed E-state index contributed by atoms with van der Waals surface area (Å²) < 4.78 is 2.97. The van der Waals surface area contributed by atoms with Crippen LogP contribution < -0.4 is 0 Å². The van der Waals surface area contributed by atoms with E-state index in [2.05, 4.69) is 106 Å². The van der Waals surface area contributed by atoms with Crippen LogP contribution in [0.25, 0.3) is 11.0 Å². The molecule has 24 heavy (non-hydrogen) atoms. The maximum absolute atomic E-state index is 5.02. The molecule has 2 nitrogen and oxygen atoms in total. The van der Waals surface area contributed by atoms with Crippen LogP contribution in [0, 0.1) is 5.92 Å². The average Bonchev–Trinajstić information content (AvgIpc) is 3.03. The molecule has 118 valence electrons. The van der Waals surface area contributed by atoms with Crippen molar-refractivity contribution in [2.45, 2.75) is 15.9 Å². The average molecular weight is 424 g/mol. The summed E-state index contributed by atoms with van der Waals surface area (Å²) in [6, 6.07) is 19.7. The molecule has 0 saturated carbocycles. The van der Waals surface area contributed by atoms with Gasteiger partial charge in [-0.2, -0.15) is 0 Å². The standard InChI is InChI=1S/C21H17IN2/c22-19-15-10-4-5-11-16(15)21-23-17-12-6-7-13-18(17)24(21)20(19)14-8-2-1-3-9-14/h1-13,15-16,19-20H. The van der Waals surface area contributed by atoms with Crippen molar-refractivity contribution in [2.75, 3.05) is 0 Å². The summed E-state index contributed by atoms with van der Waals surface area (Å²) in [5.41, 5.74) is 3.70. The van der Waals surface area contributed by atoms with Crippen LogP contribution in [-0.2, 0) is 0 Å². The Morgan fingerprint density at radius 3 is 2.50 bits per heavy atom. The van der Waals surface area contributed by atoms with Gasteiger partial charge in [0.1, 0.15) is 5.82 Å². The van der Waals surface area contributed by atoms with E-state index in [-0.39, 0.29) is 0 Å². The van der Waals surface area contributed by atoms with Crippen LogP contribution in [0.3, 0.4) is 0 Å². The monoisotopic (exact) mass is 424 g/mol. The summed E-state index contributed by atoms with van der Waals surface area (Å²) >= 11 is 2.65. The van der Waals surface area contributed by atoms with Gasteiger partial charge in [0.2, 0.25) is 0 Å². The first-order valence-corrected chi connectivity index (χ1v) is 9.60. The third-order valence-corrected chi connectivity index (χ3v) is 6.70. The van der Waals surface area contributed by atoms with Crippen LogP contribution in [-0.4, -0.2) is 13.5 Å². The number of hydrogen-bond donors (Lipinski definition) is 0. The van der Waals surface area contributed by atoms with Gasteiger partial charge in [0.05, 0.1) is 17.1 Å². The lowest BCUT2D eigenvalue weighted by molar-refractivity contribution is 0.388. The van der Waals surface area contributed by atoms with Crippen molar-refractivity contribution in [1.82, 2.24) is 9.55 Å². The topological polar surface area (TPSA) is 17.8 Å². The highest BCUT2D eigenvalue weighted by atomic mass is 127. The van der Waals surface area contributed by atoms with Gasteiger partial charge in [0.15, 0.2) is 0 Å². The molecule has 5 rings (SSSR count). The maximum atomic E-state index is 5.02. The van der Waals surface area contributed by atoms with Gasteiger partial charge in [-0.3, -0.25) is 0 Å². The molecule has 1 aliphatic heterocycles. The lowest BCUT2D eigenvalue weighted by Crippen LogP contribution is -2.37. The fraction of sp³-hybridized carbons (Fsp3) is 0.190. The Morgan fingerprint density at radius 2 is 1.62 bits per heavy atom. The highest BCUT2D eigenvalue weighted by Crippen LogP contribution is 2.48. The number of allylic oxidation sites excluding steroid dienone is 4. The Morgan fingerprint density at radius 1 is 0.875 bits per heavy atom. The van der Waals surface area contributed by atoms with Crippen molar-refractivity contribution in [3.05, 3.63) is 90.3 Å². The first-order chi connectivity index (χ1) is 11.8. The predicted molar refractivity (Wildman–Crippen MR) is 107 cm³/mol. The number of imidazole rings is 1. The largest absolute Gasteiger partial charge is 0.319 e. The zero-order chi connectivity index (χ0) is 16.1. The van der Waals surface area contributed by atoms with E-state index in [0.717, 1.165) is 5.52 Å². The molecule has 0 fully saturated rings. The highest BCUT2D eigenvalue weighted by Gasteiger charge is 2.42. The van der Waals surface area contributed by atoms with Crippen molar-refractivity contribution < 1.29 is 0 Å². The zero-order valence-corrected chi connectivity index (χ0v) is 15.2. The molecule has 2 aromatic carbocycles. The van der Waals surface area contributed by atoms with Crippen LogP contribution in [0.1, 0.15) is 23.3 Å². The Hall–Kier alpha value is -1.88. The van der Waals surface area contributed by atoms with Crippen molar-refractivity contribution in [3.8, 4) is 0 Å². The molecular weight excluding hydrogens is 407 g/mol. The van der Waals surface area contributed by atoms with E-state index in [1.54, 1.807) is 0 Å². The van der Waals surface area contributed by atoms with Gasteiger partial charge < -0.3 is 4.57 Å². The summed E-state index contributed by atoms with van der Waals surface area (Å²) in [7, 11) is 0. The third-order valence-electron chi connectivity index (χ3n) is 5.19. The second-order valence-electron chi connectivity index (χ2n) is 6.50. The molecule has 3 heteroatoms. The molecule has 0 bridgehead atoms. The number of nitrogens with zero attached hydrogens (tertiary/aromatic N) is 2. The Bertz CT molecular complexity index is 954. The number of halogens is 1. The number of rotatable bonds is 1. The molecule has 1 aliphatic carbocycles. The maximum Gasteiger partial charge on any atom is 0.118 e. The van der Waals surface area contributed by atoms with Crippen LogP contribution in [0.2, 0.25) is 0 Å². The normalized spacial score (nSPS) is 27.9. The zero-order valence-electron chi connectivity index (χ0n) is 13.1. The van der Waals surface area contributed by atoms with Crippen LogP contribution in [0.4, 0.5) is 0 Å². The molecule has 2 heterocycles. The van der Waals surface area contributed by atoms with Crippen molar-refractivity contribution in [1.29, 1.82) is 0 Å². The van der Waals surface area contributed by atoms with E-state index in [9.17, 15) is 0 Å². The van der Waals surface area contributed by atoms with Gasteiger partial charge in [-0.15, -0.1) is 0 Å². The molecular formula is C21H17IN2. The van der Waals surface area contributed by atoms with E-state index in [4.69, 9.17) is 4.98 Å². The number of hydrogen-bond acceptors (Lipinski definition) is 1. The summed E-state index contributed by atoms with van der Waals surface area (Å²) in [6.45, 7) is 0. The minimum atomic E-state index is 0.312. The predicted octanol–water partition coefficient (Wildman–Crippen LogP) is 5.27. The number of benzene rings is 2. The van der Waals surface area contributed by atoms with E-state index in [1.807, 2.05) is 0 Å². The van der Waals surface area contributed by atoms with Gasteiger partial charge >= 0.3 is 0 Å². The summed E-state index contributed by atoms with van der Waals surface area (Å²) in [4.78, 5) is 5.02. The Labute approximate surface area is 155 Å². The minimum absolute atomic E-state index is 0.312. The minimum Gasteiger partial charge on any atom is -0.319 e. The highest BCUT2D eigenvalue weighted by molar-refractivity contribution is 14.1. The fourth-order valence-electron chi connectivity index (χ4n) is 4.11. The number of aromatic nitrogens is 2. The Kier molecular flexibility index (Phi) is 3.37. The van der Waals surface area contributed by atoms with Crippen LogP contribution >= 0.6 is 22.6 Å². The lowest BCUT2D eigenvalue weighted by atomic mass is 9.78. The molecule has 4 atom stereocenters. The van der Waals surface area contributed by atoms with Gasteiger partial charge in [-0.25, -0.2) is 4.98 Å². The van der Waals surface area contributed by atoms with E-state index >= 15 is 0 Å². The first kappa shape index (κ1) is 14.5. The summed E-state index contributed by atoms with van der Waals surface area (Å²) in [6.07, 6.45) is 9.03. The molecule has 0 spiro atoms. The van der Waals surface area contributed by atoms with E-state index in [0.29, 0.717) is 21.8 Å². The van der Waals surface area contributed by atoms with E-state index < -0.39 is 0 Å². The van der Waals surface area contributed by atoms with Crippen molar-refractivity contribution in [2.24, 2.45) is 5.92 Å².